The Bertz CT molecular complexity index is 266. The van der Waals surface area contributed by atoms with E-state index in [1.54, 1.807) is 0 Å². The van der Waals surface area contributed by atoms with E-state index in [0.717, 1.165) is 5.56 Å². The number of hydrogen-bond acceptors (Lipinski definition) is 1. The highest BCUT2D eigenvalue weighted by molar-refractivity contribution is 9.09. The summed E-state index contributed by atoms with van der Waals surface area (Å²) in [6.07, 6.45) is 0. The van der Waals surface area contributed by atoms with Crippen LogP contribution in [0.3, 0.4) is 0 Å². The van der Waals surface area contributed by atoms with Crippen molar-refractivity contribution < 1.29 is 0 Å². The number of rotatable bonds is 2. The van der Waals surface area contributed by atoms with E-state index in [1.165, 1.54) is 0 Å². The van der Waals surface area contributed by atoms with Crippen LogP contribution in [-0.4, -0.2) is 0 Å². The van der Waals surface area contributed by atoms with Gasteiger partial charge in [-0.1, -0.05) is 51.4 Å². The van der Waals surface area contributed by atoms with Gasteiger partial charge in [0.25, 0.3) is 0 Å². The lowest BCUT2D eigenvalue weighted by molar-refractivity contribution is 1.03. The average Bonchev–Trinajstić information content (AvgIpc) is 2.07. The second-order valence-corrected chi connectivity index (χ2v) is 2.82. The molecule has 56 valence electrons. The van der Waals surface area contributed by atoms with Gasteiger partial charge in [0.05, 0.1) is 0 Å². The number of benzene rings is 1. The standard InChI is InChI=1S/C7H6BrN3/c8-7(10-11-9)6-4-2-1-3-5-6/h1-5,7H. The van der Waals surface area contributed by atoms with Gasteiger partial charge in [-0.25, -0.2) is 0 Å². The molecule has 0 aromatic heterocycles. The quantitative estimate of drug-likeness (QED) is 0.237. The van der Waals surface area contributed by atoms with Crippen LogP contribution in [0.1, 0.15) is 10.5 Å². The molecule has 3 nitrogen and oxygen atoms in total. The van der Waals surface area contributed by atoms with Crippen LogP contribution in [0.15, 0.2) is 35.4 Å². The Balaban J connectivity index is 2.84. The Kier molecular flexibility index (Phi) is 2.95. The van der Waals surface area contributed by atoms with Gasteiger partial charge in [0, 0.05) is 4.91 Å². The summed E-state index contributed by atoms with van der Waals surface area (Å²) in [6, 6.07) is 9.51. The fraction of sp³-hybridized carbons (Fsp3) is 0.143. The van der Waals surface area contributed by atoms with Crippen molar-refractivity contribution in [2.75, 3.05) is 0 Å². The summed E-state index contributed by atoms with van der Waals surface area (Å²) in [6.45, 7) is 0. The van der Waals surface area contributed by atoms with Gasteiger partial charge in [-0.05, 0) is 11.1 Å². The maximum Gasteiger partial charge on any atom is 0.118 e. The molecule has 0 aliphatic heterocycles. The van der Waals surface area contributed by atoms with Gasteiger partial charge in [-0.3, -0.25) is 0 Å². The van der Waals surface area contributed by atoms with Crippen LogP contribution in [0.5, 0.6) is 0 Å². The Morgan fingerprint density at radius 1 is 1.36 bits per heavy atom. The maximum atomic E-state index is 8.13. The molecular weight excluding hydrogens is 206 g/mol. The van der Waals surface area contributed by atoms with Crippen LogP contribution in [0.2, 0.25) is 0 Å². The fourth-order valence-electron chi connectivity index (χ4n) is 0.724. The van der Waals surface area contributed by atoms with Crippen LogP contribution in [0.25, 0.3) is 10.4 Å². The molecule has 0 aliphatic rings. The summed E-state index contributed by atoms with van der Waals surface area (Å²) in [7, 11) is 0. The molecule has 1 atom stereocenters. The van der Waals surface area contributed by atoms with Crippen LogP contribution < -0.4 is 0 Å². The smallest absolute Gasteiger partial charge is 0.0777 e. The van der Waals surface area contributed by atoms with Crippen molar-refractivity contribution in [2.24, 2.45) is 5.11 Å². The van der Waals surface area contributed by atoms with Gasteiger partial charge < -0.3 is 0 Å². The highest BCUT2D eigenvalue weighted by atomic mass is 79.9. The molecule has 1 rings (SSSR count). The third kappa shape index (κ3) is 2.26. The molecule has 0 N–H and O–H groups in total. The molecule has 4 heteroatoms. The van der Waals surface area contributed by atoms with Crippen molar-refractivity contribution in [1.82, 2.24) is 0 Å². The number of halogens is 1. The van der Waals surface area contributed by atoms with E-state index in [1.807, 2.05) is 30.3 Å². The molecule has 1 unspecified atom stereocenters. The summed E-state index contributed by atoms with van der Waals surface area (Å²) < 4.78 is 0. The lowest BCUT2D eigenvalue weighted by Crippen LogP contribution is -1.81. The highest BCUT2D eigenvalue weighted by Gasteiger charge is 2.00. The van der Waals surface area contributed by atoms with Gasteiger partial charge in [0.2, 0.25) is 0 Å². The number of azide groups is 1. The Hall–Kier alpha value is -0.990. The third-order valence-corrected chi connectivity index (χ3v) is 1.94. The van der Waals surface area contributed by atoms with Crippen LogP contribution in [-0.2, 0) is 0 Å². The van der Waals surface area contributed by atoms with Gasteiger partial charge >= 0.3 is 0 Å². The Morgan fingerprint density at radius 2 is 2.00 bits per heavy atom. The lowest BCUT2D eigenvalue weighted by Gasteiger charge is -2.00. The van der Waals surface area contributed by atoms with E-state index in [0.29, 0.717) is 0 Å². The number of hydrogen-bond donors (Lipinski definition) is 0. The predicted molar refractivity (Wildman–Crippen MR) is 47.3 cm³/mol. The van der Waals surface area contributed by atoms with Crippen molar-refractivity contribution in [3.05, 3.63) is 46.3 Å². The molecule has 1 aromatic rings. The van der Waals surface area contributed by atoms with E-state index >= 15 is 0 Å². The van der Waals surface area contributed by atoms with Crippen molar-refractivity contribution in [1.29, 1.82) is 0 Å². The molecule has 0 heterocycles. The van der Waals surface area contributed by atoms with E-state index in [-0.39, 0.29) is 4.95 Å². The predicted octanol–water partition coefficient (Wildman–Crippen LogP) is 3.39. The van der Waals surface area contributed by atoms with Gasteiger partial charge in [0.1, 0.15) is 4.95 Å². The largest absolute Gasteiger partial charge is 0.118 e. The minimum Gasteiger partial charge on any atom is -0.0777 e. The molecule has 0 bridgehead atoms. The fourth-order valence-corrected chi connectivity index (χ4v) is 1.11. The minimum absolute atomic E-state index is 0.256. The molecule has 0 fully saturated rings. The first-order chi connectivity index (χ1) is 5.34. The summed E-state index contributed by atoms with van der Waals surface area (Å²) in [5.74, 6) is 0. The molecule has 0 saturated heterocycles. The van der Waals surface area contributed by atoms with Crippen molar-refractivity contribution >= 4 is 15.9 Å². The number of alkyl halides is 1. The van der Waals surface area contributed by atoms with E-state index in [9.17, 15) is 0 Å². The van der Waals surface area contributed by atoms with E-state index in [2.05, 4.69) is 26.0 Å². The molecule has 0 radical (unpaired) electrons. The molecular formula is C7H6BrN3. The van der Waals surface area contributed by atoms with Gasteiger partial charge in [-0.15, -0.1) is 0 Å². The third-order valence-electron chi connectivity index (χ3n) is 1.23. The van der Waals surface area contributed by atoms with Gasteiger partial charge in [-0.2, -0.15) is 0 Å². The SMILES string of the molecule is [N-]=[N+]=NC(Br)c1ccccc1. The first kappa shape index (κ1) is 8.11. The molecule has 1 aromatic carbocycles. The summed E-state index contributed by atoms with van der Waals surface area (Å²) in [5, 5.41) is 3.49. The lowest BCUT2D eigenvalue weighted by atomic mass is 10.2. The zero-order valence-corrected chi connectivity index (χ0v) is 7.27. The zero-order chi connectivity index (χ0) is 8.10. The second-order valence-electron chi connectivity index (χ2n) is 1.95. The van der Waals surface area contributed by atoms with Gasteiger partial charge in [0.15, 0.2) is 0 Å². The first-order valence-electron chi connectivity index (χ1n) is 3.08. The van der Waals surface area contributed by atoms with Crippen molar-refractivity contribution in [3.63, 3.8) is 0 Å². The molecule has 0 spiro atoms. The van der Waals surface area contributed by atoms with Crippen molar-refractivity contribution in [3.8, 4) is 0 Å². The first-order valence-corrected chi connectivity index (χ1v) is 3.99. The maximum absolute atomic E-state index is 8.13. The van der Waals surface area contributed by atoms with Crippen LogP contribution >= 0.6 is 15.9 Å². The Morgan fingerprint density at radius 3 is 2.55 bits per heavy atom. The van der Waals surface area contributed by atoms with E-state index in [4.69, 9.17) is 5.53 Å². The normalized spacial score (nSPS) is 11.7. The summed E-state index contributed by atoms with van der Waals surface area (Å²) >= 11 is 3.23. The highest BCUT2D eigenvalue weighted by Crippen LogP contribution is 2.23. The van der Waals surface area contributed by atoms with Crippen molar-refractivity contribution in [2.45, 2.75) is 4.95 Å². The summed E-state index contributed by atoms with van der Waals surface area (Å²) in [5.41, 5.74) is 9.09. The minimum atomic E-state index is -0.256. The van der Waals surface area contributed by atoms with Crippen LogP contribution in [0.4, 0.5) is 0 Å². The Labute approximate surface area is 72.8 Å². The molecule has 0 amide bonds. The topological polar surface area (TPSA) is 48.8 Å². The average molecular weight is 212 g/mol. The van der Waals surface area contributed by atoms with E-state index < -0.39 is 0 Å². The zero-order valence-electron chi connectivity index (χ0n) is 5.68. The van der Waals surface area contributed by atoms with Crippen LogP contribution in [0, 0.1) is 0 Å². The second kappa shape index (κ2) is 4.01. The molecule has 0 aliphatic carbocycles. The summed E-state index contributed by atoms with van der Waals surface area (Å²) in [4.78, 5) is 2.43. The number of nitrogens with zero attached hydrogens (tertiary/aromatic N) is 3. The molecule has 11 heavy (non-hydrogen) atoms. The monoisotopic (exact) mass is 211 g/mol. The molecule has 0 saturated carbocycles.